The Bertz CT molecular complexity index is 461. The summed E-state index contributed by atoms with van der Waals surface area (Å²) in [6, 6.07) is 4.16. The molecular formula is C12H16N2O5. The highest BCUT2D eigenvalue weighted by Gasteiger charge is 2.17. The molecule has 0 aromatic heterocycles. The first-order chi connectivity index (χ1) is 9.08. The Balaban J connectivity index is 2.77. The number of rotatable bonds is 6. The van der Waals surface area contributed by atoms with Crippen molar-refractivity contribution in [3.05, 3.63) is 28.3 Å². The number of amides is 1. The lowest BCUT2D eigenvalue weighted by Crippen LogP contribution is -2.15. The molecule has 1 rings (SSSR count). The topological polar surface area (TPSA) is 90.7 Å². The van der Waals surface area contributed by atoms with Gasteiger partial charge in [-0.05, 0) is 18.6 Å². The highest BCUT2D eigenvalue weighted by Crippen LogP contribution is 2.28. The van der Waals surface area contributed by atoms with E-state index in [1.165, 1.54) is 25.3 Å². The van der Waals surface area contributed by atoms with Gasteiger partial charge in [0.1, 0.15) is 11.4 Å². The fraction of sp³-hybridized carbons (Fsp3) is 0.417. The summed E-state index contributed by atoms with van der Waals surface area (Å²) in [6.45, 7) is 2.25. The zero-order valence-corrected chi connectivity index (χ0v) is 10.8. The smallest absolute Gasteiger partial charge is 0.411 e. The lowest BCUT2D eigenvalue weighted by molar-refractivity contribution is -0.384. The van der Waals surface area contributed by atoms with Gasteiger partial charge in [0.15, 0.2) is 0 Å². The van der Waals surface area contributed by atoms with Crippen LogP contribution in [0.25, 0.3) is 0 Å². The van der Waals surface area contributed by atoms with Gasteiger partial charge in [0.25, 0.3) is 5.69 Å². The van der Waals surface area contributed by atoms with E-state index in [1.54, 1.807) is 0 Å². The Kier molecular flexibility index (Phi) is 5.59. The van der Waals surface area contributed by atoms with E-state index in [0.29, 0.717) is 5.75 Å². The zero-order valence-electron chi connectivity index (χ0n) is 10.8. The molecule has 1 aromatic rings. The number of methoxy groups -OCH3 is 1. The summed E-state index contributed by atoms with van der Waals surface area (Å²) in [5.74, 6) is 0.344. The van der Waals surface area contributed by atoms with E-state index in [2.05, 4.69) is 5.32 Å². The number of ether oxygens (including phenoxy) is 2. The number of nitro benzene ring substituents is 1. The maximum Gasteiger partial charge on any atom is 0.411 e. The highest BCUT2D eigenvalue weighted by molar-refractivity contribution is 5.88. The number of carbonyl (C=O) groups is 1. The first kappa shape index (κ1) is 14.7. The van der Waals surface area contributed by atoms with Crippen LogP contribution in [-0.4, -0.2) is 24.7 Å². The summed E-state index contributed by atoms with van der Waals surface area (Å²) < 4.78 is 9.77. The molecule has 0 heterocycles. The van der Waals surface area contributed by atoms with Crippen LogP contribution in [0.5, 0.6) is 5.75 Å². The van der Waals surface area contributed by atoms with Gasteiger partial charge >= 0.3 is 6.09 Å². The minimum atomic E-state index is -0.707. The summed E-state index contributed by atoms with van der Waals surface area (Å²) in [6.07, 6.45) is 0.940. The molecule has 0 unspecified atom stereocenters. The van der Waals surface area contributed by atoms with Crippen LogP contribution in [0.15, 0.2) is 18.2 Å². The monoisotopic (exact) mass is 268 g/mol. The number of unbranched alkanes of at least 4 members (excludes halogenated alkanes) is 1. The average molecular weight is 268 g/mol. The van der Waals surface area contributed by atoms with E-state index in [9.17, 15) is 14.9 Å². The quantitative estimate of drug-likeness (QED) is 0.486. The first-order valence-electron chi connectivity index (χ1n) is 5.84. The molecule has 104 valence electrons. The molecule has 7 nitrogen and oxygen atoms in total. The van der Waals surface area contributed by atoms with Gasteiger partial charge in [-0.15, -0.1) is 0 Å². The van der Waals surface area contributed by atoms with E-state index in [4.69, 9.17) is 9.47 Å². The molecule has 1 aromatic carbocycles. The molecular weight excluding hydrogens is 252 g/mol. The minimum Gasteiger partial charge on any atom is -0.496 e. The van der Waals surface area contributed by atoms with Gasteiger partial charge < -0.3 is 9.47 Å². The predicted octanol–water partition coefficient (Wildman–Crippen LogP) is 2.95. The summed E-state index contributed by atoms with van der Waals surface area (Å²) in [5, 5.41) is 13.2. The summed E-state index contributed by atoms with van der Waals surface area (Å²) in [4.78, 5) is 21.7. The van der Waals surface area contributed by atoms with Crippen LogP contribution in [-0.2, 0) is 4.74 Å². The molecule has 0 saturated carbocycles. The number of anilines is 1. The first-order valence-corrected chi connectivity index (χ1v) is 5.84. The molecule has 0 atom stereocenters. The SMILES string of the molecule is CCCCOC(=O)Nc1ccc(OC)cc1[N+](=O)[O-]. The second-order valence-electron chi connectivity index (χ2n) is 3.75. The van der Waals surface area contributed by atoms with Gasteiger partial charge in [0.2, 0.25) is 0 Å². The summed E-state index contributed by atoms with van der Waals surface area (Å²) >= 11 is 0. The number of hydrogen-bond acceptors (Lipinski definition) is 5. The Labute approximate surface area is 110 Å². The Morgan fingerprint density at radius 3 is 2.79 bits per heavy atom. The van der Waals surface area contributed by atoms with Gasteiger partial charge in [-0.25, -0.2) is 4.79 Å². The second-order valence-corrected chi connectivity index (χ2v) is 3.75. The lowest BCUT2D eigenvalue weighted by Gasteiger charge is -2.08. The van der Waals surface area contributed by atoms with E-state index in [0.717, 1.165) is 12.8 Å². The predicted molar refractivity (Wildman–Crippen MR) is 69.5 cm³/mol. The van der Waals surface area contributed by atoms with Gasteiger partial charge in [0, 0.05) is 0 Å². The molecule has 1 N–H and O–H groups in total. The maximum absolute atomic E-state index is 11.4. The van der Waals surface area contributed by atoms with Gasteiger partial charge in [-0.3, -0.25) is 15.4 Å². The summed E-state index contributed by atoms with van der Waals surface area (Å²) in [5.41, 5.74) is -0.168. The van der Waals surface area contributed by atoms with E-state index in [-0.39, 0.29) is 18.0 Å². The molecule has 0 saturated heterocycles. The molecule has 1 amide bonds. The Morgan fingerprint density at radius 1 is 1.47 bits per heavy atom. The molecule has 0 spiro atoms. The molecule has 0 fully saturated rings. The van der Waals surface area contributed by atoms with Crippen molar-refractivity contribution in [2.24, 2.45) is 0 Å². The maximum atomic E-state index is 11.4. The number of nitro groups is 1. The molecule has 19 heavy (non-hydrogen) atoms. The van der Waals surface area contributed by atoms with E-state index in [1.807, 2.05) is 6.92 Å². The van der Waals surface area contributed by atoms with Crippen LogP contribution in [0.4, 0.5) is 16.2 Å². The van der Waals surface area contributed by atoms with Crippen molar-refractivity contribution in [2.45, 2.75) is 19.8 Å². The van der Waals surface area contributed by atoms with Crippen molar-refractivity contribution in [2.75, 3.05) is 19.0 Å². The number of nitrogens with one attached hydrogen (secondary N) is 1. The molecule has 0 aliphatic heterocycles. The van der Waals surface area contributed by atoms with Crippen LogP contribution in [0, 0.1) is 10.1 Å². The van der Waals surface area contributed by atoms with Gasteiger partial charge in [-0.1, -0.05) is 13.3 Å². The second kappa shape index (κ2) is 7.20. The zero-order chi connectivity index (χ0) is 14.3. The van der Waals surface area contributed by atoms with E-state index < -0.39 is 11.0 Å². The van der Waals surface area contributed by atoms with E-state index >= 15 is 0 Å². The summed E-state index contributed by atoms with van der Waals surface area (Å²) in [7, 11) is 1.41. The van der Waals surface area contributed by atoms with Crippen molar-refractivity contribution in [3.8, 4) is 5.75 Å². The number of carbonyl (C=O) groups excluding carboxylic acids is 1. The fourth-order valence-corrected chi connectivity index (χ4v) is 1.35. The lowest BCUT2D eigenvalue weighted by atomic mass is 10.2. The third kappa shape index (κ3) is 4.46. The Morgan fingerprint density at radius 2 is 2.21 bits per heavy atom. The fourth-order valence-electron chi connectivity index (χ4n) is 1.35. The third-order valence-corrected chi connectivity index (χ3v) is 2.37. The van der Waals surface area contributed by atoms with Crippen LogP contribution >= 0.6 is 0 Å². The van der Waals surface area contributed by atoms with Gasteiger partial charge in [0.05, 0.1) is 24.7 Å². The molecule has 0 aliphatic carbocycles. The molecule has 0 radical (unpaired) electrons. The largest absolute Gasteiger partial charge is 0.496 e. The normalized spacial score (nSPS) is 9.79. The Hall–Kier alpha value is -2.31. The van der Waals surface area contributed by atoms with Gasteiger partial charge in [-0.2, -0.15) is 0 Å². The average Bonchev–Trinajstić information content (AvgIpc) is 2.39. The number of hydrogen-bond donors (Lipinski definition) is 1. The van der Waals surface area contributed by atoms with Crippen molar-refractivity contribution in [1.29, 1.82) is 0 Å². The number of benzene rings is 1. The minimum absolute atomic E-state index is 0.0762. The number of nitrogens with zero attached hydrogens (tertiary/aromatic N) is 1. The van der Waals surface area contributed by atoms with Crippen molar-refractivity contribution >= 4 is 17.5 Å². The molecule has 7 heteroatoms. The van der Waals surface area contributed by atoms with Crippen LogP contribution in [0.2, 0.25) is 0 Å². The van der Waals surface area contributed by atoms with Crippen LogP contribution in [0.1, 0.15) is 19.8 Å². The van der Waals surface area contributed by atoms with Crippen molar-refractivity contribution in [3.63, 3.8) is 0 Å². The van der Waals surface area contributed by atoms with Crippen molar-refractivity contribution in [1.82, 2.24) is 0 Å². The standard InChI is InChI=1S/C12H16N2O5/c1-3-4-7-19-12(15)13-10-6-5-9(18-2)8-11(10)14(16)17/h5-6,8H,3-4,7H2,1-2H3,(H,13,15). The third-order valence-electron chi connectivity index (χ3n) is 2.37. The van der Waals surface area contributed by atoms with Crippen LogP contribution < -0.4 is 10.1 Å². The highest BCUT2D eigenvalue weighted by atomic mass is 16.6. The molecule has 0 aliphatic rings. The molecule has 0 bridgehead atoms. The van der Waals surface area contributed by atoms with Crippen LogP contribution in [0.3, 0.4) is 0 Å². The van der Waals surface area contributed by atoms with Crippen molar-refractivity contribution < 1.29 is 19.2 Å².